The Morgan fingerprint density at radius 2 is 2.19 bits per heavy atom. The summed E-state index contributed by atoms with van der Waals surface area (Å²) in [5.41, 5.74) is 0.362. The third kappa shape index (κ3) is 1.22. The van der Waals surface area contributed by atoms with E-state index < -0.39 is 11.4 Å². The highest BCUT2D eigenvalue weighted by atomic mass is 19.1. The predicted molar refractivity (Wildman–Crippen MR) is 59.8 cm³/mol. The first kappa shape index (κ1) is 9.63. The summed E-state index contributed by atoms with van der Waals surface area (Å²) in [5.74, 6) is -0.160. The second-order valence-electron chi connectivity index (χ2n) is 4.72. The first-order chi connectivity index (χ1) is 7.61. The van der Waals surface area contributed by atoms with Crippen LogP contribution in [0.5, 0.6) is 0 Å². The first-order valence-corrected chi connectivity index (χ1v) is 5.49. The lowest BCUT2D eigenvalue weighted by Gasteiger charge is -2.36. The SMILES string of the molecule is CC1(C2CC2)Nc2cccc(F)c2NC1=O. The van der Waals surface area contributed by atoms with Gasteiger partial charge >= 0.3 is 0 Å². The highest BCUT2D eigenvalue weighted by Crippen LogP contribution is 2.45. The summed E-state index contributed by atoms with van der Waals surface area (Å²) < 4.78 is 13.5. The molecule has 0 bridgehead atoms. The van der Waals surface area contributed by atoms with Gasteiger partial charge < -0.3 is 10.6 Å². The van der Waals surface area contributed by atoms with Gasteiger partial charge in [0.15, 0.2) is 0 Å². The van der Waals surface area contributed by atoms with Crippen molar-refractivity contribution in [1.82, 2.24) is 0 Å². The Kier molecular flexibility index (Phi) is 1.79. The number of carbonyl (C=O) groups excluding carboxylic acids is 1. The van der Waals surface area contributed by atoms with Gasteiger partial charge in [0.1, 0.15) is 17.0 Å². The molecule has 0 spiro atoms. The van der Waals surface area contributed by atoms with Crippen LogP contribution in [-0.4, -0.2) is 11.4 Å². The second-order valence-corrected chi connectivity index (χ2v) is 4.72. The van der Waals surface area contributed by atoms with Crippen molar-refractivity contribution in [2.75, 3.05) is 10.6 Å². The van der Waals surface area contributed by atoms with Gasteiger partial charge in [-0.1, -0.05) is 6.07 Å². The van der Waals surface area contributed by atoms with Crippen molar-refractivity contribution >= 4 is 17.3 Å². The van der Waals surface area contributed by atoms with Crippen molar-refractivity contribution in [2.45, 2.75) is 25.3 Å². The zero-order chi connectivity index (χ0) is 11.3. The maximum Gasteiger partial charge on any atom is 0.250 e. The Bertz CT molecular complexity index is 470. The molecule has 2 N–H and O–H groups in total. The van der Waals surface area contributed by atoms with Gasteiger partial charge in [-0.2, -0.15) is 0 Å². The Morgan fingerprint density at radius 3 is 2.88 bits per heavy atom. The van der Waals surface area contributed by atoms with Gasteiger partial charge in [0.25, 0.3) is 0 Å². The van der Waals surface area contributed by atoms with Crippen LogP contribution in [0.1, 0.15) is 19.8 Å². The molecular formula is C12H13FN2O. The van der Waals surface area contributed by atoms with Crippen molar-refractivity contribution in [3.63, 3.8) is 0 Å². The Labute approximate surface area is 93.0 Å². The molecule has 4 heteroatoms. The highest BCUT2D eigenvalue weighted by molar-refractivity contribution is 6.06. The van der Waals surface area contributed by atoms with E-state index in [1.54, 1.807) is 12.1 Å². The largest absolute Gasteiger partial charge is 0.369 e. The molecule has 1 atom stereocenters. The molecule has 1 aliphatic carbocycles. The molecule has 1 aliphatic heterocycles. The van der Waals surface area contributed by atoms with E-state index >= 15 is 0 Å². The third-order valence-electron chi connectivity index (χ3n) is 3.51. The highest BCUT2D eigenvalue weighted by Gasteiger charge is 2.49. The molecule has 1 saturated carbocycles. The molecular weight excluding hydrogens is 207 g/mol. The number of nitrogens with one attached hydrogen (secondary N) is 2. The number of carbonyl (C=O) groups is 1. The van der Waals surface area contributed by atoms with Crippen molar-refractivity contribution in [3.05, 3.63) is 24.0 Å². The summed E-state index contributed by atoms with van der Waals surface area (Å²) in [6, 6.07) is 4.78. The minimum absolute atomic E-state index is 0.132. The molecule has 1 fully saturated rings. The van der Waals surface area contributed by atoms with Gasteiger partial charge in [-0.15, -0.1) is 0 Å². The number of fused-ring (bicyclic) bond motifs is 1. The van der Waals surface area contributed by atoms with Gasteiger partial charge in [0.2, 0.25) is 5.91 Å². The summed E-state index contributed by atoms with van der Waals surface area (Å²) in [6.45, 7) is 1.88. The second kappa shape index (κ2) is 2.97. The molecule has 2 aliphatic rings. The number of rotatable bonds is 1. The molecule has 3 rings (SSSR count). The molecule has 1 unspecified atom stereocenters. The van der Waals surface area contributed by atoms with Gasteiger partial charge in [0, 0.05) is 0 Å². The maximum absolute atomic E-state index is 13.5. The zero-order valence-electron chi connectivity index (χ0n) is 9.01. The Morgan fingerprint density at radius 1 is 1.44 bits per heavy atom. The lowest BCUT2D eigenvalue weighted by Crippen LogP contribution is -2.52. The fraction of sp³-hybridized carbons (Fsp3) is 0.417. The average molecular weight is 220 g/mol. The van der Waals surface area contributed by atoms with Crippen LogP contribution < -0.4 is 10.6 Å². The van der Waals surface area contributed by atoms with Crippen LogP contribution in [0.25, 0.3) is 0 Å². The summed E-state index contributed by atoms with van der Waals surface area (Å²) in [5, 5.41) is 5.84. The maximum atomic E-state index is 13.5. The van der Waals surface area contributed by atoms with E-state index in [0.29, 0.717) is 11.6 Å². The lowest BCUT2D eigenvalue weighted by atomic mass is 9.91. The molecule has 1 aromatic rings. The number of halogens is 1. The molecule has 0 saturated heterocycles. The van der Waals surface area contributed by atoms with Crippen molar-refractivity contribution in [2.24, 2.45) is 5.92 Å². The van der Waals surface area contributed by atoms with E-state index in [-0.39, 0.29) is 11.6 Å². The Hall–Kier alpha value is -1.58. The summed E-state index contributed by atoms with van der Waals surface area (Å²) in [4.78, 5) is 12.0. The molecule has 1 amide bonds. The standard InChI is InChI=1S/C12H13FN2O/c1-12(7-5-6-7)11(16)14-10-8(13)3-2-4-9(10)15-12/h2-4,7,15H,5-6H2,1H3,(H,14,16). The molecule has 84 valence electrons. The number of hydrogen-bond acceptors (Lipinski definition) is 2. The zero-order valence-corrected chi connectivity index (χ0v) is 9.01. The smallest absolute Gasteiger partial charge is 0.250 e. The normalized spacial score (nSPS) is 28.0. The van der Waals surface area contributed by atoms with E-state index in [1.165, 1.54) is 6.07 Å². The van der Waals surface area contributed by atoms with Crippen molar-refractivity contribution in [3.8, 4) is 0 Å². The summed E-state index contributed by atoms with van der Waals surface area (Å²) in [6.07, 6.45) is 2.11. The molecule has 0 radical (unpaired) electrons. The molecule has 1 aromatic carbocycles. The van der Waals surface area contributed by atoms with E-state index in [4.69, 9.17) is 0 Å². The third-order valence-corrected chi connectivity index (χ3v) is 3.51. The van der Waals surface area contributed by atoms with Crippen LogP contribution in [0.2, 0.25) is 0 Å². The molecule has 16 heavy (non-hydrogen) atoms. The topological polar surface area (TPSA) is 41.1 Å². The fourth-order valence-electron chi connectivity index (χ4n) is 2.28. The van der Waals surface area contributed by atoms with Crippen LogP contribution in [0.15, 0.2) is 18.2 Å². The lowest BCUT2D eigenvalue weighted by molar-refractivity contribution is -0.120. The number of anilines is 2. The minimum atomic E-state index is -0.583. The van der Waals surface area contributed by atoms with Crippen molar-refractivity contribution < 1.29 is 9.18 Å². The number of para-hydroxylation sites is 1. The Balaban J connectivity index is 2.04. The first-order valence-electron chi connectivity index (χ1n) is 5.49. The number of hydrogen-bond donors (Lipinski definition) is 2. The van der Waals surface area contributed by atoms with Crippen LogP contribution >= 0.6 is 0 Å². The van der Waals surface area contributed by atoms with E-state index in [0.717, 1.165) is 12.8 Å². The van der Waals surface area contributed by atoms with E-state index in [2.05, 4.69) is 10.6 Å². The minimum Gasteiger partial charge on any atom is -0.369 e. The van der Waals surface area contributed by atoms with Crippen LogP contribution in [0.3, 0.4) is 0 Å². The molecule has 3 nitrogen and oxygen atoms in total. The number of benzene rings is 1. The van der Waals surface area contributed by atoms with Crippen molar-refractivity contribution in [1.29, 1.82) is 0 Å². The van der Waals surface area contributed by atoms with Crippen LogP contribution in [0.4, 0.5) is 15.8 Å². The van der Waals surface area contributed by atoms with Gasteiger partial charge in [-0.3, -0.25) is 4.79 Å². The fourth-order valence-corrected chi connectivity index (χ4v) is 2.28. The van der Waals surface area contributed by atoms with E-state index in [1.807, 2.05) is 6.92 Å². The summed E-state index contributed by atoms with van der Waals surface area (Å²) in [7, 11) is 0. The average Bonchev–Trinajstić information content (AvgIpc) is 3.05. The van der Waals surface area contributed by atoms with Crippen LogP contribution in [-0.2, 0) is 4.79 Å². The molecule has 1 heterocycles. The monoisotopic (exact) mass is 220 g/mol. The molecule has 0 aromatic heterocycles. The van der Waals surface area contributed by atoms with Gasteiger partial charge in [-0.05, 0) is 37.8 Å². The van der Waals surface area contributed by atoms with Gasteiger partial charge in [-0.25, -0.2) is 4.39 Å². The predicted octanol–water partition coefficient (Wildman–Crippen LogP) is 2.36. The van der Waals surface area contributed by atoms with E-state index in [9.17, 15) is 9.18 Å². The number of amides is 1. The van der Waals surface area contributed by atoms with Gasteiger partial charge in [0.05, 0.1) is 5.69 Å². The quantitative estimate of drug-likeness (QED) is 0.762. The summed E-state index contributed by atoms with van der Waals surface area (Å²) >= 11 is 0. The van der Waals surface area contributed by atoms with Crippen LogP contribution in [0, 0.1) is 11.7 Å².